The zero-order chi connectivity index (χ0) is 11.5. The average molecular weight is 230 g/mol. The molecule has 0 atom stereocenters. The van der Waals surface area contributed by atoms with Gasteiger partial charge in [-0.25, -0.2) is 8.42 Å². The van der Waals surface area contributed by atoms with Gasteiger partial charge in [0.15, 0.2) is 0 Å². The lowest BCUT2D eigenvalue weighted by Crippen LogP contribution is -2.15. The van der Waals surface area contributed by atoms with Crippen molar-refractivity contribution in [3.8, 4) is 5.75 Å². The number of nitrogen functional groups attached to an aromatic ring is 1. The van der Waals surface area contributed by atoms with Gasteiger partial charge in [-0.3, -0.25) is 4.72 Å². The summed E-state index contributed by atoms with van der Waals surface area (Å²) in [5.74, 6) is 0.602. The lowest BCUT2D eigenvalue weighted by molar-refractivity contribution is 0.415. The molecule has 0 unspecified atom stereocenters. The molecular weight excluding hydrogens is 216 g/mol. The maximum absolute atomic E-state index is 11.3. The van der Waals surface area contributed by atoms with Crippen molar-refractivity contribution in [1.82, 2.24) is 0 Å². The van der Waals surface area contributed by atoms with Crippen LogP contribution in [0.1, 0.15) is 6.92 Å². The topological polar surface area (TPSA) is 81.4 Å². The molecule has 0 saturated carbocycles. The summed E-state index contributed by atoms with van der Waals surface area (Å²) in [5, 5.41) is 0. The van der Waals surface area contributed by atoms with E-state index in [-0.39, 0.29) is 5.75 Å². The molecule has 15 heavy (non-hydrogen) atoms. The third kappa shape index (κ3) is 3.02. The fourth-order valence-electron chi connectivity index (χ4n) is 1.00. The standard InChI is InChI=1S/C9H14N2O3S/c1-3-15(12,13)11-9-5-4-7(14-2)6-8(9)10/h4-6,11H,3,10H2,1-2H3. The second kappa shape index (κ2) is 4.39. The fraction of sp³-hybridized carbons (Fsp3) is 0.333. The van der Waals surface area contributed by atoms with Crippen LogP contribution in [0.25, 0.3) is 0 Å². The van der Waals surface area contributed by atoms with Crippen LogP contribution in [0.5, 0.6) is 5.75 Å². The summed E-state index contributed by atoms with van der Waals surface area (Å²) >= 11 is 0. The van der Waals surface area contributed by atoms with E-state index in [1.54, 1.807) is 25.1 Å². The molecule has 6 heteroatoms. The Bertz CT molecular complexity index is 443. The van der Waals surface area contributed by atoms with Gasteiger partial charge in [0, 0.05) is 6.07 Å². The smallest absolute Gasteiger partial charge is 0.232 e. The van der Waals surface area contributed by atoms with Gasteiger partial charge >= 0.3 is 0 Å². The first kappa shape index (κ1) is 11.6. The van der Waals surface area contributed by atoms with Gasteiger partial charge < -0.3 is 10.5 Å². The van der Waals surface area contributed by atoms with Crippen molar-refractivity contribution in [2.45, 2.75) is 6.92 Å². The van der Waals surface area contributed by atoms with Crippen molar-refractivity contribution < 1.29 is 13.2 Å². The molecule has 0 fully saturated rings. The molecule has 0 bridgehead atoms. The number of benzene rings is 1. The molecule has 0 amide bonds. The van der Waals surface area contributed by atoms with Crippen LogP contribution >= 0.6 is 0 Å². The second-order valence-electron chi connectivity index (χ2n) is 2.96. The Hall–Kier alpha value is -1.43. The molecule has 1 rings (SSSR count). The van der Waals surface area contributed by atoms with Crippen LogP contribution in [-0.2, 0) is 10.0 Å². The molecule has 84 valence electrons. The van der Waals surface area contributed by atoms with E-state index in [1.807, 2.05) is 0 Å². The van der Waals surface area contributed by atoms with Gasteiger partial charge in [-0.05, 0) is 19.1 Å². The van der Waals surface area contributed by atoms with E-state index in [4.69, 9.17) is 10.5 Å². The predicted molar refractivity (Wildman–Crippen MR) is 60.5 cm³/mol. The summed E-state index contributed by atoms with van der Waals surface area (Å²) in [5.41, 5.74) is 6.36. The zero-order valence-corrected chi connectivity index (χ0v) is 9.47. The SMILES string of the molecule is CCS(=O)(=O)Nc1ccc(OC)cc1N. The molecule has 0 saturated heterocycles. The zero-order valence-electron chi connectivity index (χ0n) is 8.65. The van der Waals surface area contributed by atoms with Gasteiger partial charge in [-0.15, -0.1) is 0 Å². The van der Waals surface area contributed by atoms with E-state index in [0.717, 1.165) is 0 Å². The summed E-state index contributed by atoms with van der Waals surface area (Å²) in [6.45, 7) is 1.56. The van der Waals surface area contributed by atoms with Crippen LogP contribution < -0.4 is 15.2 Å². The van der Waals surface area contributed by atoms with Crippen LogP contribution in [0.4, 0.5) is 11.4 Å². The van der Waals surface area contributed by atoms with E-state index < -0.39 is 10.0 Å². The second-order valence-corrected chi connectivity index (χ2v) is 4.97. The monoisotopic (exact) mass is 230 g/mol. The number of hydrogen-bond donors (Lipinski definition) is 2. The lowest BCUT2D eigenvalue weighted by Gasteiger charge is -2.09. The first-order valence-electron chi connectivity index (χ1n) is 4.42. The number of sulfonamides is 1. The Morgan fingerprint density at radius 3 is 2.60 bits per heavy atom. The van der Waals surface area contributed by atoms with Crippen molar-refractivity contribution in [2.75, 3.05) is 23.3 Å². The van der Waals surface area contributed by atoms with E-state index in [9.17, 15) is 8.42 Å². The molecule has 1 aromatic rings. The van der Waals surface area contributed by atoms with E-state index in [0.29, 0.717) is 17.1 Å². The predicted octanol–water partition coefficient (Wildman–Crippen LogP) is 1.04. The first-order valence-corrected chi connectivity index (χ1v) is 6.07. The number of nitrogens with one attached hydrogen (secondary N) is 1. The molecule has 0 spiro atoms. The maximum Gasteiger partial charge on any atom is 0.232 e. The van der Waals surface area contributed by atoms with Crippen LogP contribution in [0.2, 0.25) is 0 Å². The highest BCUT2D eigenvalue weighted by atomic mass is 32.2. The summed E-state index contributed by atoms with van der Waals surface area (Å²) < 4.78 is 29.9. The Morgan fingerprint density at radius 2 is 2.13 bits per heavy atom. The number of ether oxygens (including phenoxy) is 1. The highest BCUT2D eigenvalue weighted by Gasteiger charge is 2.09. The van der Waals surface area contributed by atoms with Crippen LogP contribution in [0.15, 0.2) is 18.2 Å². The van der Waals surface area contributed by atoms with Gasteiger partial charge in [-0.2, -0.15) is 0 Å². The molecule has 0 heterocycles. The van der Waals surface area contributed by atoms with Crippen molar-refractivity contribution >= 4 is 21.4 Å². The highest BCUT2D eigenvalue weighted by molar-refractivity contribution is 7.92. The quantitative estimate of drug-likeness (QED) is 0.757. The lowest BCUT2D eigenvalue weighted by atomic mass is 10.2. The maximum atomic E-state index is 11.3. The minimum absolute atomic E-state index is 0.0124. The van der Waals surface area contributed by atoms with Gasteiger partial charge in [0.05, 0.1) is 24.2 Å². The van der Waals surface area contributed by atoms with Crippen LogP contribution in [-0.4, -0.2) is 21.3 Å². The highest BCUT2D eigenvalue weighted by Crippen LogP contribution is 2.24. The molecule has 0 radical (unpaired) electrons. The number of anilines is 2. The Labute approximate surface area is 89.3 Å². The van der Waals surface area contributed by atoms with Gasteiger partial charge in [0.2, 0.25) is 10.0 Å². The van der Waals surface area contributed by atoms with Crippen molar-refractivity contribution in [1.29, 1.82) is 0 Å². The normalized spacial score (nSPS) is 11.1. The molecule has 0 aliphatic heterocycles. The van der Waals surface area contributed by atoms with Crippen molar-refractivity contribution in [3.05, 3.63) is 18.2 Å². The van der Waals surface area contributed by atoms with Crippen molar-refractivity contribution in [2.24, 2.45) is 0 Å². The third-order valence-electron chi connectivity index (χ3n) is 1.90. The molecule has 3 N–H and O–H groups in total. The summed E-state index contributed by atoms with van der Waals surface area (Å²) in [6, 6.07) is 4.78. The van der Waals surface area contributed by atoms with E-state index >= 15 is 0 Å². The minimum Gasteiger partial charge on any atom is -0.497 e. The molecule has 1 aromatic carbocycles. The summed E-state index contributed by atoms with van der Waals surface area (Å²) in [6.07, 6.45) is 0. The molecule has 0 aliphatic rings. The minimum atomic E-state index is -3.29. The molecule has 0 aliphatic carbocycles. The Kier molecular flexibility index (Phi) is 3.41. The van der Waals surface area contributed by atoms with Crippen LogP contribution in [0, 0.1) is 0 Å². The number of methoxy groups -OCH3 is 1. The van der Waals surface area contributed by atoms with E-state index in [2.05, 4.69) is 4.72 Å². The van der Waals surface area contributed by atoms with Crippen molar-refractivity contribution in [3.63, 3.8) is 0 Å². The molecule has 0 aromatic heterocycles. The largest absolute Gasteiger partial charge is 0.497 e. The Morgan fingerprint density at radius 1 is 1.47 bits per heavy atom. The van der Waals surface area contributed by atoms with Gasteiger partial charge in [0.25, 0.3) is 0 Å². The van der Waals surface area contributed by atoms with Gasteiger partial charge in [-0.1, -0.05) is 0 Å². The first-order chi connectivity index (χ1) is 6.98. The van der Waals surface area contributed by atoms with E-state index in [1.165, 1.54) is 7.11 Å². The summed E-state index contributed by atoms with van der Waals surface area (Å²) in [4.78, 5) is 0. The Balaban J connectivity index is 2.97. The summed E-state index contributed by atoms with van der Waals surface area (Å²) in [7, 11) is -1.77. The number of nitrogens with two attached hydrogens (primary N) is 1. The average Bonchev–Trinajstić information content (AvgIpc) is 2.21. The number of rotatable bonds is 4. The van der Waals surface area contributed by atoms with Gasteiger partial charge in [0.1, 0.15) is 5.75 Å². The molecule has 5 nitrogen and oxygen atoms in total. The third-order valence-corrected chi connectivity index (χ3v) is 3.20. The van der Waals surface area contributed by atoms with Crippen LogP contribution in [0.3, 0.4) is 0 Å². The molecular formula is C9H14N2O3S. The fourth-order valence-corrected chi connectivity index (χ4v) is 1.67. The number of hydrogen-bond acceptors (Lipinski definition) is 4.